The van der Waals surface area contributed by atoms with Gasteiger partial charge in [-0.15, -0.1) is 0 Å². The Kier molecular flexibility index (Phi) is 4.62. The van der Waals surface area contributed by atoms with E-state index in [2.05, 4.69) is 9.84 Å². The average molecular weight is 244 g/mol. The standard InChI is InChI=1S/C10H13FN2O4/c1-3-16-9(14)7-5-12-13(6-7)8(11)10(15)17-4-2/h5-6,8H,3-4H2,1-2H3. The maximum Gasteiger partial charge on any atom is 0.363 e. The van der Waals surface area contributed by atoms with E-state index in [1.165, 1.54) is 0 Å². The summed E-state index contributed by atoms with van der Waals surface area (Å²) in [5, 5.41) is 3.56. The molecule has 0 aliphatic heterocycles. The Bertz CT molecular complexity index is 405. The van der Waals surface area contributed by atoms with Gasteiger partial charge in [0.1, 0.15) is 0 Å². The van der Waals surface area contributed by atoms with Crippen LogP contribution in [-0.4, -0.2) is 34.9 Å². The molecule has 1 rings (SSSR count). The van der Waals surface area contributed by atoms with Crippen LogP contribution in [0.4, 0.5) is 4.39 Å². The first-order valence-electron chi connectivity index (χ1n) is 5.12. The Balaban J connectivity index is 2.73. The number of esters is 2. The van der Waals surface area contributed by atoms with Gasteiger partial charge < -0.3 is 9.47 Å². The van der Waals surface area contributed by atoms with Crippen LogP contribution in [0.2, 0.25) is 0 Å². The molecule has 0 amide bonds. The van der Waals surface area contributed by atoms with E-state index in [9.17, 15) is 14.0 Å². The van der Waals surface area contributed by atoms with E-state index in [0.717, 1.165) is 12.4 Å². The molecular formula is C10H13FN2O4. The van der Waals surface area contributed by atoms with Crippen molar-refractivity contribution in [2.75, 3.05) is 13.2 Å². The summed E-state index contributed by atoms with van der Waals surface area (Å²) in [6, 6.07) is 0. The molecule has 0 bridgehead atoms. The van der Waals surface area contributed by atoms with Gasteiger partial charge in [-0.25, -0.2) is 18.7 Å². The Hall–Kier alpha value is -1.92. The van der Waals surface area contributed by atoms with Crippen LogP contribution in [0.15, 0.2) is 12.4 Å². The number of hydrogen-bond acceptors (Lipinski definition) is 5. The Labute approximate surface area is 97.3 Å². The first-order valence-corrected chi connectivity index (χ1v) is 5.12. The number of halogens is 1. The zero-order valence-electron chi connectivity index (χ0n) is 9.55. The van der Waals surface area contributed by atoms with Crippen molar-refractivity contribution >= 4 is 11.9 Å². The smallest absolute Gasteiger partial charge is 0.363 e. The lowest BCUT2D eigenvalue weighted by Crippen LogP contribution is -2.18. The predicted molar refractivity (Wildman–Crippen MR) is 55.0 cm³/mol. The summed E-state index contributed by atoms with van der Waals surface area (Å²) in [7, 11) is 0. The third-order valence-corrected chi connectivity index (χ3v) is 1.83. The second-order valence-corrected chi connectivity index (χ2v) is 3.02. The van der Waals surface area contributed by atoms with Gasteiger partial charge in [0.2, 0.25) is 0 Å². The van der Waals surface area contributed by atoms with Gasteiger partial charge in [-0.3, -0.25) is 0 Å². The van der Waals surface area contributed by atoms with Gasteiger partial charge in [0.15, 0.2) is 0 Å². The van der Waals surface area contributed by atoms with Crippen LogP contribution in [0, 0.1) is 0 Å². The van der Waals surface area contributed by atoms with Crippen LogP contribution >= 0.6 is 0 Å². The van der Waals surface area contributed by atoms with E-state index >= 15 is 0 Å². The Morgan fingerprint density at radius 3 is 2.65 bits per heavy atom. The molecule has 0 N–H and O–H groups in total. The van der Waals surface area contributed by atoms with Crippen LogP contribution in [0.25, 0.3) is 0 Å². The zero-order chi connectivity index (χ0) is 12.8. The number of rotatable bonds is 5. The number of alkyl halides is 1. The second kappa shape index (κ2) is 5.97. The van der Waals surface area contributed by atoms with E-state index in [1.54, 1.807) is 13.8 Å². The molecule has 1 atom stereocenters. The van der Waals surface area contributed by atoms with Gasteiger partial charge in [-0.05, 0) is 13.8 Å². The first-order chi connectivity index (χ1) is 8.10. The molecule has 0 aliphatic rings. The molecule has 94 valence electrons. The molecule has 1 aromatic heterocycles. The maximum atomic E-state index is 13.5. The molecule has 0 saturated heterocycles. The van der Waals surface area contributed by atoms with Gasteiger partial charge in [0.25, 0.3) is 6.30 Å². The highest BCUT2D eigenvalue weighted by atomic mass is 19.1. The summed E-state index contributed by atoms with van der Waals surface area (Å²) in [4.78, 5) is 22.3. The minimum atomic E-state index is -2.06. The number of hydrogen-bond donors (Lipinski definition) is 0. The third-order valence-electron chi connectivity index (χ3n) is 1.83. The molecule has 0 aliphatic carbocycles. The molecule has 0 radical (unpaired) electrons. The van der Waals surface area contributed by atoms with Gasteiger partial charge in [-0.2, -0.15) is 5.10 Å². The van der Waals surface area contributed by atoms with Crippen molar-refractivity contribution in [3.05, 3.63) is 18.0 Å². The summed E-state index contributed by atoms with van der Waals surface area (Å²) in [6.45, 7) is 3.50. The zero-order valence-corrected chi connectivity index (χ0v) is 9.55. The van der Waals surface area contributed by atoms with E-state index in [4.69, 9.17) is 4.74 Å². The summed E-state index contributed by atoms with van der Waals surface area (Å²) in [5.74, 6) is -1.67. The number of carbonyl (C=O) groups is 2. The number of aromatic nitrogens is 2. The van der Waals surface area contributed by atoms with Crippen LogP contribution < -0.4 is 0 Å². The molecule has 1 heterocycles. The molecule has 0 saturated carbocycles. The molecule has 1 aromatic rings. The van der Waals surface area contributed by atoms with Crippen molar-refractivity contribution in [3.8, 4) is 0 Å². The summed E-state index contributed by atoms with van der Waals surface area (Å²) >= 11 is 0. The number of carbonyl (C=O) groups excluding carboxylic acids is 2. The normalized spacial score (nSPS) is 11.9. The van der Waals surface area contributed by atoms with E-state index < -0.39 is 18.2 Å². The fourth-order valence-corrected chi connectivity index (χ4v) is 1.10. The Morgan fingerprint density at radius 1 is 1.41 bits per heavy atom. The molecule has 1 unspecified atom stereocenters. The number of ether oxygens (including phenoxy) is 2. The van der Waals surface area contributed by atoms with Crippen molar-refractivity contribution in [1.29, 1.82) is 0 Å². The minimum Gasteiger partial charge on any atom is -0.462 e. The van der Waals surface area contributed by atoms with E-state index in [-0.39, 0.29) is 18.8 Å². The average Bonchev–Trinajstić information content (AvgIpc) is 2.78. The van der Waals surface area contributed by atoms with Gasteiger partial charge >= 0.3 is 11.9 Å². The lowest BCUT2D eigenvalue weighted by Gasteiger charge is -2.06. The van der Waals surface area contributed by atoms with Crippen molar-refractivity contribution in [3.63, 3.8) is 0 Å². The van der Waals surface area contributed by atoms with Crippen molar-refractivity contribution < 1.29 is 23.5 Å². The van der Waals surface area contributed by atoms with E-state index in [1.807, 2.05) is 0 Å². The first kappa shape index (κ1) is 13.1. The molecule has 0 fully saturated rings. The van der Waals surface area contributed by atoms with Crippen LogP contribution in [-0.2, 0) is 14.3 Å². The highest BCUT2D eigenvalue weighted by Crippen LogP contribution is 2.11. The third kappa shape index (κ3) is 3.27. The molecule has 0 aromatic carbocycles. The topological polar surface area (TPSA) is 70.4 Å². The molecular weight excluding hydrogens is 231 g/mol. The monoisotopic (exact) mass is 244 g/mol. The predicted octanol–water partition coefficient (Wildman–Crippen LogP) is 1.09. The Morgan fingerprint density at radius 2 is 2.06 bits per heavy atom. The quantitative estimate of drug-likeness (QED) is 0.725. The van der Waals surface area contributed by atoms with Crippen molar-refractivity contribution in [2.24, 2.45) is 0 Å². The molecule has 7 heteroatoms. The summed E-state index contributed by atoms with van der Waals surface area (Å²) < 4.78 is 23.3. The lowest BCUT2D eigenvalue weighted by atomic mass is 10.4. The summed E-state index contributed by atoms with van der Waals surface area (Å²) in [5.41, 5.74) is 0.0822. The van der Waals surface area contributed by atoms with Crippen molar-refractivity contribution in [1.82, 2.24) is 9.78 Å². The fourth-order valence-electron chi connectivity index (χ4n) is 1.10. The fraction of sp³-hybridized carbons (Fsp3) is 0.500. The van der Waals surface area contributed by atoms with Gasteiger partial charge in [-0.1, -0.05) is 0 Å². The van der Waals surface area contributed by atoms with Crippen LogP contribution in [0.5, 0.6) is 0 Å². The van der Waals surface area contributed by atoms with Crippen LogP contribution in [0.1, 0.15) is 30.5 Å². The van der Waals surface area contributed by atoms with Crippen molar-refractivity contribution in [2.45, 2.75) is 20.1 Å². The van der Waals surface area contributed by atoms with E-state index in [0.29, 0.717) is 4.68 Å². The number of nitrogens with zero attached hydrogens (tertiary/aromatic N) is 2. The highest BCUT2D eigenvalue weighted by molar-refractivity contribution is 5.88. The largest absolute Gasteiger partial charge is 0.462 e. The lowest BCUT2D eigenvalue weighted by molar-refractivity contribution is -0.153. The SMILES string of the molecule is CCOC(=O)c1cnn(C(F)C(=O)OCC)c1. The molecule has 17 heavy (non-hydrogen) atoms. The molecule has 0 spiro atoms. The maximum absolute atomic E-state index is 13.5. The highest BCUT2D eigenvalue weighted by Gasteiger charge is 2.22. The second-order valence-electron chi connectivity index (χ2n) is 3.02. The summed E-state index contributed by atoms with van der Waals surface area (Å²) in [6.07, 6.45) is 0.168. The van der Waals surface area contributed by atoms with Gasteiger partial charge in [0.05, 0.1) is 25.0 Å². The van der Waals surface area contributed by atoms with Gasteiger partial charge in [0, 0.05) is 6.20 Å². The molecule has 6 nitrogen and oxygen atoms in total. The minimum absolute atomic E-state index is 0.0747. The van der Waals surface area contributed by atoms with Crippen LogP contribution in [0.3, 0.4) is 0 Å².